The van der Waals surface area contributed by atoms with Crippen molar-refractivity contribution in [3.63, 3.8) is 0 Å². The Bertz CT molecular complexity index is 305. The fourth-order valence-electron chi connectivity index (χ4n) is 0.791. The van der Waals surface area contributed by atoms with Gasteiger partial charge in [0.1, 0.15) is 0 Å². The molecule has 0 fully saturated rings. The third kappa shape index (κ3) is 3.42. The van der Waals surface area contributed by atoms with Crippen molar-refractivity contribution in [2.45, 2.75) is 13.8 Å². The van der Waals surface area contributed by atoms with Gasteiger partial charge in [0.25, 0.3) is 0 Å². The summed E-state index contributed by atoms with van der Waals surface area (Å²) in [4.78, 5) is 7.94. The smallest absolute Gasteiger partial charge is 0.171 e. The number of rotatable bonds is 3. The summed E-state index contributed by atoms with van der Waals surface area (Å²) in [6.07, 6.45) is 5.23. The van der Waals surface area contributed by atoms with E-state index in [1.807, 2.05) is 13.8 Å². The van der Waals surface area contributed by atoms with Crippen molar-refractivity contribution in [1.82, 2.24) is 9.97 Å². The number of nitrogens with one attached hydrogen (secondary N) is 1. The largest absolute Gasteiger partial charge is 0.364 e. The Morgan fingerprint density at radius 1 is 1.46 bits per heavy atom. The van der Waals surface area contributed by atoms with Crippen LogP contribution in [0.5, 0.6) is 0 Å². The number of anilines is 1. The van der Waals surface area contributed by atoms with Crippen LogP contribution in [0.25, 0.3) is 0 Å². The molecule has 0 radical (unpaired) electrons. The SMILES string of the molecule is CC(C)=CCNc1nccnc1Cl. The van der Waals surface area contributed by atoms with E-state index in [2.05, 4.69) is 21.4 Å². The number of aromatic nitrogens is 2. The predicted octanol–water partition coefficient (Wildman–Crippen LogP) is 2.51. The molecule has 1 rings (SSSR count). The molecule has 0 bridgehead atoms. The fraction of sp³-hybridized carbons (Fsp3) is 0.333. The lowest BCUT2D eigenvalue weighted by Gasteiger charge is -2.02. The summed E-state index contributed by atoms with van der Waals surface area (Å²) in [5, 5.41) is 3.47. The van der Waals surface area contributed by atoms with Gasteiger partial charge in [-0.15, -0.1) is 0 Å². The normalized spacial score (nSPS) is 9.46. The molecule has 0 saturated heterocycles. The molecule has 0 aliphatic carbocycles. The summed E-state index contributed by atoms with van der Waals surface area (Å²) in [5.74, 6) is 0.627. The highest BCUT2D eigenvalue weighted by Gasteiger charge is 1.98. The van der Waals surface area contributed by atoms with Gasteiger partial charge in [-0.25, -0.2) is 9.97 Å². The number of allylic oxidation sites excluding steroid dienone is 1. The molecule has 0 saturated carbocycles. The minimum Gasteiger partial charge on any atom is -0.364 e. The molecule has 1 aromatic heterocycles. The van der Waals surface area contributed by atoms with E-state index in [1.165, 1.54) is 5.57 Å². The molecule has 70 valence electrons. The number of nitrogens with zero attached hydrogens (tertiary/aromatic N) is 2. The minimum absolute atomic E-state index is 0.407. The Hall–Kier alpha value is -1.09. The summed E-state index contributed by atoms with van der Waals surface area (Å²) in [6, 6.07) is 0. The lowest BCUT2D eigenvalue weighted by molar-refractivity contribution is 1.15. The fourth-order valence-corrected chi connectivity index (χ4v) is 0.963. The topological polar surface area (TPSA) is 37.8 Å². The molecule has 4 heteroatoms. The van der Waals surface area contributed by atoms with Crippen LogP contribution in [0.4, 0.5) is 5.82 Å². The van der Waals surface area contributed by atoms with Crippen LogP contribution in [0, 0.1) is 0 Å². The van der Waals surface area contributed by atoms with Gasteiger partial charge in [0, 0.05) is 18.9 Å². The van der Waals surface area contributed by atoms with Crippen molar-refractivity contribution in [3.8, 4) is 0 Å². The molecule has 0 atom stereocenters. The lowest BCUT2D eigenvalue weighted by Crippen LogP contribution is -2.02. The Labute approximate surface area is 82.9 Å². The van der Waals surface area contributed by atoms with Gasteiger partial charge in [0.15, 0.2) is 11.0 Å². The van der Waals surface area contributed by atoms with Crippen molar-refractivity contribution in [1.29, 1.82) is 0 Å². The van der Waals surface area contributed by atoms with Crippen LogP contribution in [0.15, 0.2) is 24.0 Å². The van der Waals surface area contributed by atoms with Gasteiger partial charge < -0.3 is 5.32 Å². The first kappa shape index (κ1) is 9.99. The maximum Gasteiger partial charge on any atom is 0.171 e. The zero-order valence-electron chi connectivity index (χ0n) is 7.71. The second-order valence-electron chi connectivity index (χ2n) is 2.86. The first-order valence-corrected chi connectivity index (χ1v) is 4.41. The summed E-state index contributed by atoms with van der Waals surface area (Å²) >= 11 is 5.78. The minimum atomic E-state index is 0.407. The van der Waals surface area contributed by atoms with Crippen LogP contribution in [-0.2, 0) is 0 Å². The molecular formula is C9H12ClN3. The molecule has 3 nitrogen and oxygen atoms in total. The Morgan fingerprint density at radius 3 is 2.77 bits per heavy atom. The highest BCUT2D eigenvalue weighted by molar-refractivity contribution is 6.31. The molecular weight excluding hydrogens is 186 g/mol. The Kier molecular flexibility index (Phi) is 3.71. The van der Waals surface area contributed by atoms with Crippen LogP contribution >= 0.6 is 11.6 Å². The second-order valence-corrected chi connectivity index (χ2v) is 3.22. The van der Waals surface area contributed by atoms with Gasteiger partial charge in [-0.3, -0.25) is 0 Å². The lowest BCUT2D eigenvalue weighted by atomic mass is 10.3. The van der Waals surface area contributed by atoms with Crippen molar-refractivity contribution in [3.05, 3.63) is 29.2 Å². The van der Waals surface area contributed by atoms with E-state index in [0.29, 0.717) is 11.0 Å². The van der Waals surface area contributed by atoms with Crippen molar-refractivity contribution >= 4 is 17.4 Å². The molecule has 0 aliphatic heterocycles. The van der Waals surface area contributed by atoms with E-state index >= 15 is 0 Å². The standard InChI is InChI=1S/C9H12ClN3/c1-7(2)3-4-12-9-8(10)11-5-6-13-9/h3,5-6H,4H2,1-2H3,(H,12,13). The zero-order chi connectivity index (χ0) is 9.68. The number of halogens is 1. The molecule has 0 spiro atoms. The summed E-state index contributed by atoms with van der Waals surface area (Å²) in [6.45, 7) is 4.81. The Morgan fingerprint density at radius 2 is 2.15 bits per heavy atom. The van der Waals surface area contributed by atoms with Crippen LogP contribution < -0.4 is 5.32 Å². The van der Waals surface area contributed by atoms with Gasteiger partial charge >= 0.3 is 0 Å². The zero-order valence-corrected chi connectivity index (χ0v) is 8.47. The van der Waals surface area contributed by atoms with Gasteiger partial charge in [0.2, 0.25) is 0 Å². The average molecular weight is 198 g/mol. The number of hydrogen-bond acceptors (Lipinski definition) is 3. The van der Waals surface area contributed by atoms with Crippen LogP contribution in [-0.4, -0.2) is 16.5 Å². The first-order valence-electron chi connectivity index (χ1n) is 4.04. The third-order valence-electron chi connectivity index (χ3n) is 1.43. The monoisotopic (exact) mass is 197 g/mol. The molecule has 1 heterocycles. The van der Waals surface area contributed by atoms with Crippen LogP contribution in [0.1, 0.15) is 13.8 Å². The van der Waals surface area contributed by atoms with Gasteiger partial charge in [-0.2, -0.15) is 0 Å². The van der Waals surface area contributed by atoms with E-state index in [4.69, 9.17) is 11.6 Å². The maximum absolute atomic E-state index is 5.78. The quantitative estimate of drug-likeness (QED) is 0.757. The average Bonchev–Trinajstić information content (AvgIpc) is 2.08. The molecule has 1 aromatic rings. The van der Waals surface area contributed by atoms with E-state index in [-0.39, 0.29) is 0 Å². The van der Waals surface area contributed by atoms with Crippen LogP contribution in [0.3, 0.4) is 0 Å². The molecule has 0 amide bonds. The molecule has 0 aliphatic rings. The molecule has 0 unspecified atom stereocenters. The third-order valence-corrected chi connectivity index (χ3v) is 1.71. The van der Waals surface area contributed by atoms with E-state index in [9.17, 15) is 0 Å². The van der Waals surface area contributed by atoms with Crippen LogP contribution in [0.2, 0.25) is 5.15 Å². The van der Waals surface area contributed by atoms with Crippen molar-refractivity contribution in [2.75, 3.05) is 11.9 Å². The van der Waals surface area contributed by atoms with E-state index in [0.717, 1.165) is 6.54 Å². The molecule has 1 N–H and O–H groups in total. The highest BCUT2D eigenvalue weighted by Crippen LogP contribution is 2.13. The Balaban J connectivity index is 2.55. The van der Waals surface area contributed by atoms with Gasteiger partial charge in [-0.1, -0.05) is 23.3 Å². The second kappa shape index (κ2) is 4.82. The highest BCUT2D eigenvalue weighted by atomic mass is 35.5. The van der Waals surface area contributed by atoms with Crippen molar-refractivity contribution < 1.29 is 0 Å². The number of hydrogen-bond donors (Lipinski definition) is 1. The van der Waals surface area contributed by atoms with Gasteiger partial charge in [0.05, 0.1) is 0 Å². The van der Waals surface area contributed by atoms with E-state index < -0.39 is 0 Å². The maximum atomic E-state index is 5.78. The van der Waals surface area contributed by atoms with Gasteiger partial charge in [-0.05, 0) is 13.8 Å². The summed E-state index contributed by atoms with van der Waals surface area (Å²) in [5.41, 5.74) is 1.26. The molecule has 13 heavy (non-hydrogen) atoms. The molecule has 0 aromatic carbocycles. The first-order chi connectivity index (χ1) is 6.20. The predicted molar refractivity (Wildman–Crippen MR) is 55.0 cm³/mol. The van der Waals surface area contributed by atoms with Crippen molar-refractivity contribution in [2.24, 2.45) is 0 Å². The van der Waals surface area contributed by atoms with E-state index in [1.54, 1.807) is 12.4 Å². The summed E-state index contributed by atoms with van der Waals surface area (Å²) in [7, 11) is 0. The summed E-state index contributed by atoms with van der Waals surface area (Å²) < 4.78 is 0.